The SMILES string of the molecule is CCNC(=NCc1ccco1)NCCS(=O)(=O)N1CCN(c2ccccn2)CC1. The van der Waals surface area contributed by atoms with Crippen molar-refractivity contribution in [1.82, 2.24) is 19.9 Å². The summed E-state index contributed by atoms with van der Waals surface area (Å²) >= 11 is 0. The molecule has 0 amide bonds. The van der Waals surface area contributed by atoms with Gasteiger partial charge < -0.3 is 20.0 Å². The van der Waals surface area contributed by atoms with E-state index < -0.39 is 10.0 Å². The van der Waals surface area contributed by atoms with Crippen molar-refractivity contribution in [3.63, 3.8) is 0 Å². The van der Waals surface area contributed by atoms with E-state index in [-0.39, 0.29) is 12.3 Å². The maximum atomic E-state index is 12.7. The third-order valence-electron chi connectivity index (χ3n) is 4.58. The molecule has 1 fully saturated rings. The summed E-state index contributed by atoms with van der Waals surface area (Å²) in [5, 5.41) is 6.19. The van der Waals surface area contributed by atoms with Crippen LogP contribution in [0.2, 0.25) is 0 Å². The van der Waals surface area contributed by atoms with E-state index in [1.807, 2.05) is 37.3 Å². The molecule has 1 aliphatic rings. The molecule has 0 saturated carbocycles. The highest BCUT2D eigenvalue weighted by atomic mass is 32.2. The third-order valence-corrected chi connectivity index (χ3v) is 6.45. The molecule has 0 aliphatic carbocycles. The number of pyridine rings is 1. The summed E-state index contributed by atoms with van der Waals surface area (Å²) in [7, 11) is -3.34. The number of piperazine rings is 1. The second-order valence-electron chi connectivity index (χ2n) is 6.59. The molecule has 0 radical (unpaired) electrons. The zero-order chi connectivity index (χ0) is 20.5. The summed E-state index contributed by atoms with van der Waals surface area (Å²) in [6.45, 7) is 5.52. The highest BCUT2D eigenvalue weighted by Gasteiger charge is 2.27. The van der Waals surface area contributed by atoms with E-state index in [1.54, 1.807) is 16.8 Å². The fourth-order valence-electron chi connectivity index (χ4n) is 3.06. The molecule has 3 rings (SSSR count). The molecule has 29 heavy (non-hydrogen) atoms. The molecule has 0 spiro atoms. The Morgan fingerprint density at radius 1 is 1.17 bits per heavy atom. The number of hydrogen-bond donors (Lipinski definition) is 2. The number of rotatable bonds is 8. The predicted octanol–water partition coefficient (Wildman–Crippen LogP) is 0.882. The molecule has 2 aromatic rings. The van der Waals surface area contributed by atoms with Gasteiger partial charge >= 0.3 is 0 Å². The van der Waals surface area contributed by atoms with Crippen molar-refractivity contribution in [3.8, 4) is 0 Å². The highest BCUT2D eigenvalue weighted by Crippen LogP contribution is 2.14. The fraction of sp³-hybridized carbons (Fsp3) is 0.474. The molecule has 1 saturated heterocycles. The summed E-state index contributed by atoms with van der Waals surface area (Å²) in [6.07, 6.45) is 3.35. The maximum absolute atomic E-state index is 12.7. The Labute approximate surface area is 171 Å². The average Bonchev–Trinajstić information content (AvgIpc) is 3.26. The van der Waals surface area contributed by atoms with Crippen molar-refractivity contribution in [3.05, 3.63) is 48.6 Å². The second-order valence-corrected chi connectivity index (χ2v) is 8.68. The van der Waals surface area contributed by atoms with Crippen LogP contribution in [-0.2, 0) is 16.6 Å². The minimum absolute atomic E-state index is 0.0156. The van der Waals surface area contributed by atoms with E-state index in [2.05, 4.69) is 25.5 Å². The van der Waals surface area contributed by atoms with Crippen LogP contribution in [0.15, 0.2) is 52.2 Å². The molecular weight excluding hydrogens is 392 g/mol. The summed E-state index contributed by atoms with van der Waals surface area (Å²) in [6, 6.07) is 9.41. The van der Waals surface area contributed by atoms with Crippen LogP contribution in [0, 0.1) is 0 Å². The normalized spacial score (nSPS) is 16.0. The van der Waals surface area contributed by atoms with Crippen molar-refractivity contribution < 1.29 is 12.8 Å². The van der Waals surface area contributed by atoms with Crippen molar-refractivity contribution in [1.29, 1.82) is 0 Å². The first-order valence-corrected chi connectivity index (χ1v) is 11.4. The van der Waals surface area contributed by atoms with Gasteiger partial charge in [-0.1, -0.05) is 6.07 Å². The smallest absolute Gasteiger partial charge is 0.215 e. The molecule has 2 aromatic heterocycles. The van der Waals surface area contributed by atoms with Gasteiger partial charge in [0, 0.05) is 45.5 Å². The number of aromatic nitrogens is 1. The quantitative estimate of drug-likeness (QED) is 0.483. The molecule has 2 N–H and O–H groups in total. The molecule has 0 atom stereocenters. The standard InChI is InChI=1S/C19H28N6O3S/c1-2-20-19(23-16-17-6-5-14-28-17)22-9-15-29(26,27)25-12-10-24(11-13-25)18-7-3-4-8-21-18/h3-8,14H,2,9-13,15-16H2,1H3,(H2,20,22,23). The van der Waals surface area contributed by atoms with Crippen LogP contribution in [-0.4, -0.2) is 68.7 Å². The van der Waals surface area contributed by atoms with Crippen LogP contribution in [0.25, 0.3) is 0 Å². The number of anilines is 1. The van der Waals surface area contributed by atoms with Gasteiger partial charge in [-0.2, -0.15) is 4.31 Å². The van der Waals surface area contributed by atoms with E-state index >= 15 is 0 Å². The first kappa shape index (κ1) is 21.1. The Morgan fingerprint density at radius 2 is 2.00 bits per heavy atom. The van der Waals surface area contributed by atoms with E-state index in [1.165, 1.54) is 0 Å². The zero-order valence-electron chi connectivity index (χ0n) is 16.6. The van der Waals surface area contributed by atoms with Crippen LogP contribution < -0.4 is 15.5 Å². The Balaban J connectivity index is 1.47. The van der Waals surface area contributed by atoms with E-state index in [0.29, 0.717) is 45.2 Å². The number of aliphatic imine (C=N–C) groups is 1. The van der Waals surface area contributed by atoms with Crippen LogP contribution >= 0.6 is 0 Å². The lowest BCUT2D eigenvalue weighted by Crippen LogP contribution is -2.50. The van der Waals surface area contributed by atoms with Crippen LogP contribution in [0.1, 0.15) is 12.7 Å². The summed E-state index contributed by atoms with van der Waals surface area (Å²) in [5.41, 5.74) is 0. The number of nitrogens with zero attached hydrogens (tertiary/aromatic N) is 4. The van der Waals surface area contributed by atoms with E-state index in [0.717, 1.165) is 11.6 Å². The van der Waals surface area contributed by atoms with Gasteiger partial charge in [-0.3, -0.25) is 0 Å². The van der Waals surface area contributed by atoms with Gasteiger partial charge in [0.05, 0.1) is 12.0 Å². The second kappa shape index (κ2) is 10.3. The highest BCUT2D eigenvalue weighted by molar-refractivity contribution is 7.89. The first-order chi connectivity index (χ1) is 14.1. The van der Waals surface area contributed by atoms with Gasteiger partial charge in [-0.25, -0.2) is 18.4 Å². The lowest BCUT2D eigenvalue weighted by molar-refractivity contribution is 0.384. The lowest BCUT2D eigenvalue weighted by Gasteiger charge is -2.34. The average molecular weight is 421 g/mol. The largest absolute Gasteiger partial charge is 0.467 e. The molecule has 0 aromatic carbocycles. The van der Waals surface area contributed by atoms with Gasteiger partial charge in [0.25, 0.3) is 0 Å². The number of nitrogens with one attached hydrogen (secondary N) is 2. The molecule has 0 unspecified atom stereocenters. The molecular formula is C19H28N6O3S. The monoisotopic (exact) mass is 420 g/mol. The molecule has 158 valence electrons. The van der Waals surface area contributed by atoms with E-state index in [9.17, 15) is 8.42 Å². The van der Waals surface area contributed by atoms with Crippen molar-refractivity contribution in [2.24, 2.45) is 4.99 Å². The van der Waals surface area contributed by atoms with Crippen LogP contribution in [0.3, 0.4) is 0 Å². The minimum Gasteiger partial charge on any atom is -0.467 e. The van der Waals surface area contributed by atoms with Crippen molar-refractivity contribution >= 4 is 21.8 Å². The predicted molar refractivity (Wildman–Crippen MR) is 113 cm³/mol. The number of sulfonamides is 1. The summed E-state index contributed by atoms with van der Waals surface area (Å²) in [5.74, 6) is 2.22. The molecule has 1 aliphatic heterocycles. The molecule has 3 heterocycles. The lowest BCUT2D eigenvalue weighted by atomic mass is 10.3. The van der Waals surface area contributed by atoms with Gasteiger partial charge in [0.15, 0.2) is 5.96 Å². The van der Waals surface area contributed by atoms with Crippen molar-refractivity contribution in [2.75, 3.05) is 49.9 Å². The first-order valence-electron chi connectivity index (χ1n) is 9.77. The topological polar surface area (TPSA) is 103 Å². The van der Waals surface area contributed by atoms with Gasteiger partial charge in [-0.05, 0) is 31.2 Å². The Morgan fingerprint density at radius 3 is 2.66 bits per heavy atom. The molecule has 9 nitrogen and oxygen atoms in total. The number of hydrogen-bond acceptors (Lipinski definition) is 6. The Hall–Kier alpha value is -2.59. The molecule has 10 heteroatoms. The number of furan rings is 1. The van der Waals surface area contributed by atoms with E-state index in [4.69, 9.17) is 4.42 Å². The Kier molecular flexibility index (Phi) is 7.48. The minimum atomic E-state index is -3.34. The van der Waals surface area contributed by atoms with Crippen molar-refractivity contribution in [2.45, 2.75) is 13.5 Å². The molecule has 0 bridgehead atoms. The Bertz CT molecular complexity index is 863. The number of guanidine groups is 1. The summed E-state index contributed by atoms with van der Waals surface area (Å²) in [4.78, 5) is 10.8. The van der Waals surface area contributed by atoms with Crippen LogP contribution in [0.4, 0.5) is 5.82 Å². The zero-order valence-corrected chi connectivity index (χ0v) is 17.4. The summed E-state index contributed by atoms with van der Waals surface area (Å²) < 4.78 is 32.2. The van der Waals surface area contributed by atoms with Gasteiger partial charge in [0.1, 0.15) is 18.1 Å². The van der Waals surface area contributed by atoms with Gasteiger partial charge in [0.2, 0.25) is 10.0 Å². The third kappa shape index (κ3) is 6.20. The van der Waals surface area contributed by atoms with Crippen LogP contribution in [0.5, 0.6) is 0 Å². The van der Waals surface area contributed by atoms with Gasteiger partial charge in [-0.15, -0.1) is 0 Å². The fourth-order valence-corrected chi connectivity index (χ4v) is 4.40. The maximum Gasteiger partial charge on any atom is 0.215 e.